The van der Waals surface area contributed by atoms with Crippen LogP contribution in [0.4, 0.5) is 11.8 Å². The molecule has 0 aromatic carbocycles. The van der Waals surface area contributed by atoms with Crippen LogP contribution < -0.4 is 20.4 Å². The third-order valence-corrected chi connectivity index (χ3v) is 6.09. The van der Waals surface area contributed by atoms with E-state index in [4.69, 9.17) is 9.97 Å². The lowest BCUT2D eigenvalue weighted by Gasteiger charge is -2.36. The zero-order valence-corrected chi connectivity index (χ0v) is 18.7. The Kier molecular flexibility index (Phi) is 9.54. The summed E-state index contributed by atoms with van der Waals surface area (Å²) in [6.45, 7) is 8.90. The summed E-state index contributed by atoms with van der Waals surface area (Å²) in [5.41, 5.74) is 1.17. The Labute approximate surface area is 182 Å². The summed E-state index contributed by atoms with van der Waals surface area (Å²) in [4.78, 5) is 14.6. The van der Waals surface area contributed by atoms with Crippen LogP contribution in [0.1, 0.15) is 51.1 Å². The average molecular weight is 431 g/mol. The van der Waals surface area contributed by atoms with Crippen molar-refractivity contribution in [3.8, 4) is 0 Å². The molecule has 160 valence electrons. The predicted molar refractivity (Wildman–Crippen MR) is 122 cm³/mol. The van der Waals surface area contributed by atoms with Gasteiger partial charge in [0.25, 0.3) is 0 Å². The Morgan fingerprint density at radius 2 is 1.71 bits per heavy atom. The molecular formula is C20H36Cl2N6. The van der Waals surface area contributed by atoms with Crippen molar-refractivity contribution in [2.75, 3.05) is 49.1 Å². The SMILES string of the molecule is CCc1cc(N2CCC(N[C@@H]3CCCNC3)CC2)nc(N2CCCC2)n1.Cl.Cl. The largest absolute Gasteiger partial charge is 0.356 e. The van der Waals surface area contributed by atoms with Gasteiger partial charge in [0, 0.05) is 56.6 Å². The monoisotopic (exact) mass is 430 g/mol. The van der Waals surface area contributed by atoms with Gasteiger partial charge in [-0.15, -0.1) is 24.8 Å². The molecule has 28 heavy (non-hydrogen) atoms. The fourth-order valence-corrected chi connectivity index (χ4v) is 4.47. The van der Waals surface area contributed by atoms with Crippen molar-refractivity contribution in [2.24, 2.45) is 0 Å². The minimum atomic E-state index is 0. The molecule has 1 aromatic rings. The first-order chi connectivity index (χ1) is 12.8. The van der Waals surface area contributed by atoms with Crippen LogP contribution in [0, 0.1) is 0 Å². The summed E-state index contributed by atoms with van der Waals surface area (Å²) >= 11 is 0. The topological polar surface area (TPSA) is 56.3 Å². The first-order valence-electron chi connectivity index (χ1n) is 10.7. The number of hydrogen-bond donors (Lipinski definition) is 2. The lowest BCUT2D eigenvalue weighted by molar-refractivity contribution is 0.318. The summed E-state index contributed by atoms with van der Waals surface area (Å²) in [6, 6.07) is 3.52. The van der Waals surface area contributed by atoms with Crippen LogP contribution in [0.3, 0.4) is 0 Å². The van der Waals surface area contributed by atoms with E-state index >= 15 is 0 Å². The molecule has 0 bridgehead atoms. The number of halogens is 2. The van der Waals surface area contributed by atoms with Crippen LogP contribution in [-0.2, 0) is 6.42 Å². The Balaban J connectivity index is 0.00000140. The molecule has 2 N–H and O–H groups in total. The van der Waals surface area contributed by atoms with E-state index in [1.807, 2.05) is 0 Å². The molecule has 3 aliphatic rings. The van der Waals surface area contributed by atoms with E-state index in [-0.39, 0.29) is 24.8 Å². The first-order valence-corrected chi connectivity index (χ1v) is 10.7. The van der Waals surface area contributed by atoms with Gasteiger partial charge in [-0.3, -0.25) is 0 Å². The normalized spacial score (nSPS) is 23.2. The molecule has 0 radical (unpaired) electrons. The lowest BCUT2D eigenvalue weighted by Crippen LogP contribution is -2.51. The summed E-state index contributed by atoms with van der Waals surface area (Å²) in [5, 5.41) is 7.39. The number of aromatic nitrogens is 2. The average Bonchev–Trinajstić information content (AvgIpc) is 3.24. The van der Waals surface area contributed by atoms with Gasteiger partial charge in [-0.2, -0.15) is 4.98 Å². The third-order valence-electron chi connectivity index (χ3n) is 6.09. The Hall–Kier alpha value is -0.820. The second kappa shape index (κ2) is 11.4. The lowest BCUT2D eigenvalue weighted by atomic mass is 10.0. The van der Waals surface area contributed by atoms with Crippen molar-refractivity contribution < 1.29 is 0 Å². The maximum absolute atomic E-state index is 4.94. The second-order valence-electron chi connectivity index (χ2n) is 8.04. The molecule has 0 amide bonds. The smallest absolute Gasteiger partial charge is 0.227 e. The summed E-state index contributed by atoms with van der Waals surface area (Å²) in [6.07, 6.45) is 8.55. The molecule has 1 aromatic heterocycles. The zero-order chi connectivity index (χ0) is 17.8. The fourth-order valence-electron chi connectivity index (χ4n) is 4.47. The molecule has 1 atom stereocenters. The van der Waals surface area contributed by atoms with Gasteiger partial charge in [-0.05, 0) is 51.5 Å². The number of nitrogens with zero attached hydrogens (tertiary/aromatic N) is 4. The van der Waals surface area contributed by atoms with Gasteiger partial charge in [0.05, 0.1) is 0 Å². The van der Waals surface area contributed by atoms with Gasteiger partial charge >= 0.3 is 0 Å². The minimum Gasteiger partial charge on any atom is -0.356 e. The second-order valence-corrected chi connectivity index (χ2v) is 8.04. The summed E-state index contributed by atoms with van der Waals surface area (Å²) < 4.78 is 0. The Bertz CT molecular complexity index is 582. The van der Waals surface area contributed by atoms with Crippen LogP contribution in [0.2, 0.25) is 0 Å². The highest BCUT2D eigenvalue weighted by molar-refractivity contribution is 5.85. The predicted octanol–water partition coefficient (Wildman–Crippen LogP) is 2.79. The molecule has 4 heterocycles. The highest BCUT2D eigenvalue weighted by Crippen LogP contribution is 2.24. The fraction of sp³-hybridized carbons (Fsp3) is 0.800. The van der Waals surface area contributed by atoms with Crippen LogP contribution >= 0.6 is 24.8 Å². The molecular weight excluding hydrogens is 395 g/mol. The zero-order valence-electron chi connectivity index (χ0n) is 17.0. The van der Waals surface area contributed by atoms with E-state index in [0.717, 1.165) is 50.9 Å². The molecule has 8 heteroatoms. The van der Waals surface area contributed by atoms with Gasteiger partial charge in [-0.1, -0.05) is 6.92 Å². The van der Waals surface area contributed by atoms with E-state index in [9.17, 15) is 0 Å². The Morgan fingerprint density at radius 1 is 0.964 bits per heavy atom. The number of piperidine rings is 2. The first kappa shape index (κ1) is 23.5. The molecule has 4 rings (SSSR count). The Morgan fingerprint density at radius 3 is 2.36 bits per heavy atom. The number of nitrogens with one attached hydrogen (secondary N) is 2. The van der Waals surface area contributed by atoms with Crippen LogP contribution in [-0.4, -0.2) is 61.3 Å². The molecule has 3 aliphatic heterocycles. The van der Waals surface area contributed by atoms with Crippen LogP contribution in [0.15, 0.2) is 6.07 Å². The molecule has 3 saturated heterocycles. The van der Waals surface area contributed by atoms with Gasteiger partial charge in [0.15, 0.2) is 0 Å². The van der Waals surface area contributed by atoms with Crippen LogP contribution in [0.5, 0.6) is 0 Å². The molecule has 0 unspecified atom stereocenters. The summed E-state index contributed by atoms with van der Waals surface area (Å²) in [5.74, 6) is 2.09. The van der Waals surface area contributed by atoms with E-state index in [2.05, 4.69) is 33.4 Å². The van der Waals surface area contributed by atoms with Crippen molar-refractivity contribution >= 4 is 36.6 Å². The molecule has 3 fully saturated rings. The highest BCUT2D eigenvalue weighted by atomic mass is 35.5. The highest BCUT2D eigenvalue weighted by Gasteiger charge is 2.24. The van der Waals surface area contributed by atoms with Gasteiger partial charge in [0.1, 0.15) is 5.82 Å². The van der Waals surface area contributed by atoms with E-state index in [1.165, 1.54) is 50.8 Å². The number of rotatable bonds is 5. The maximum Gasteiger partial charge on any atom is 0.227 e. The third kappa shape index (κ3) is 5.85. The summed E-state index contributed by atoms with van der Waals surface area (Å²) in [7, 11) is 0. The van der Waals surface area contributed by atoms with Gasteiger partial charge in [0.2, 0.25) is 5.95 Å². The number of anilines is 2. The molecule has 0 spiro atoms. The van der Waals surface area contributed by atoms with Crippen molar-refractivity contribution in [1.82, 2.24) is 20.6 Å². The molecule has 0 saturated carbocycles. The quantitative estimate of drug-likeness (QED) is 0.748. The molecule has 6 nitrogen and oxygen atoms in total. The molecule has 0 aliphatic carbocycles. The van der Waals surface area contributed by atoms with E-state index in [0.29, 0.717) is 12.1 Å². The van der Waals surface area contributed by atoms with Crippen molar-refractivity contribution in [3.63, 3.8) is 0 Å². The van der Waals surface area contributed by atoms with Gasteiger partial charge in [-0.25, -0.2) is 4.98 Å². The van der Waals surface area contributed by atoms with Crippen molar-refractivity contribution in [3.05, 3.63) is 11.8 Å². The number of hydrogen-bond acceptors (Lipinski definition) is 6. The van der Waals surface area contributed by atoms with Crippen molar-refractivity contribution in [2.45, 2.75) is 64.0 Å². The van der Waals surface area contributed by atoms with Crippen LogP contribution in [0.25, 0.3) is 0 Å². The van der Waals surface area contributed by atoms with E-state index in [1.54, 1.807) is 0 Å². The number of aryl methyl sites for hydroxylation is 1. The van der Waals surface area contributed by atoms with E-state index < -0.39 is 0 Å². The minimum absolute atomic E-state index is 0. The maximum atomic E-state index is 4.94. The van der Waals surface area contributed by atoms with Gasteiger partial charge < -0.3 is 20.4 Å². The van der Waals surface area contributed by atoms with Crippen molar-refractivity contribution in [1.29, 1.82) is 0 Å². The standard InChI is InChI=1S/C20H34N6.2ClH/c1-2-16-14-19(24-20(23-16)26-10-3-4-11-26)25-12-7-17(8-13-25)22-18-6-5-9-21-15-18;;/h14,17-18,21-22H,2-13,15H2,1H3;2*1H/t18-;;/m1../s1.